The third-order valence-electron chi connectivity index (χ3n) is 2.19. The van der Waals surface area contributed by atoms with E-state index >= 15 is 0 Å². The minimum atomic E-state index is -0.664. The van der Waals surface area contributed by atoms with Gasteiger partial charge in [-0.1, -0.05) is 12.5 Å². The van der Waals surface area contributed by atoms with Gasteiger partial charge in [0.25, 0.3) is 0 Å². The lowest BCUT2D eigenvalue weighted by Gasteiger charge is -2.08. The van der Waals surface area contributed by atoms with E-state index < -0.39 is 5.97 Å². The zero-order chi connectivity index (χ0) is 7.56. The molecule has 0 aliphatic heterocycles. The predicted octanol–water partition coefficient (Wildman–Crippen LogP) is 1.67. The van der Waals surface area contributed by atoms with Crippen LogP contribution in [0.1, 0.15) is 19.3 Å². The highest BCUT2D eigenvalue weighted by Crippen LogP contribution is 2.32. The molecule has 1 rings (SSSR count). The molecule has 0 heterocycles. The summed E-state index contributed by atoms with van der Waals surface area (Å²) in [5.41, 5.74) is 0. The molecule has 1 aliphatic rings. The van der Waals surface area contributed by atoms with E-state index in [1.807, 2.05) is 0 Å². The Morgan fingerprint density at radius 2 is 2.30 bits per heavy atom. The van der Waals surface area contributed by atoms with Crippen LogP contribution in [-0.4, -0.2) is 11.1 Å². The molecular formula is C8H12O2. The molecule has 1 aliphatic carbocycles. The molecule has 0 amide bonds. The van der Waals surface area contributed by atoms with Crippen LogP contribution >= 0.6 is 0 Å². The quantitative estimate of drug-likeness (QED) is 0.592. The molecule has 0 aromatic rings. The van der Waals surface area contributed by atoms with Crippen LogP contribution in [0.25, 0.3) is 0 Å². The van der Waals surface area contributed by atoms with E-state index in [0.29, 0.717) is 0 Å². The van der Waals surface area contributed by atoms with Crippen molar-refractivity contribution in [1.29, 1.82) is 0 Å². The lowest BCUT2D eigenvalue weighted by atomic mass is 9.97. The topological polar surface area (TPSA) is 37.3 Å². The Labute approximate surface area is 60.6 Å². The van der Waals surface area contributed by atoms with E-state index in [4.69, 9.17) is 5.11 Å². The molecule has 2 heteroatoms. The normalized spacial score (nSPS) is 32.0. The molecular weight excluding hydrogens is 128 g/mol. The summed E-state index contributed by atoms with van der Waals surface area (Å²) in [5.74, 6) is -0.600. The number of hydrogen-bond donors (Lipinski definition) is 1. The van der Waals surface area contributed by atoms with Crippen LogP contribution < -0.4 is 0 Å². The molecule has 10 heavy (non-hydrogen) atoms. The van der Waals surface area contributed by atoms with Gasteiger partial charge in [-0.15, -0.1) is 6.58 Å². The first-order valence-corrected chi connectivity index (χ1v) is 3.61. The number of allylic oxidation sites excluding steroid dienone is 1. The zero-order valence-electron chi connectivity index (χ0n) is 5.92. The lowest BCUT2D eigenvalue weighted by Crippen LogP contribution is -2.16. The van der Waals surface area contributed by atoms with Crippen LogP contribution in [0, 0.1) is 11.8 Å². The predicted molar refractivity (Wildman–Crippen MR) is 38.7 cm³/mol. The van der Waals surface area contributed by atoms with E-state index in [0.717, 1.165) is 19.3 Å². The van der Waals surface area contributed by atoms with Crippen molar-refractivity contribution in [2.45, 2.75) is 19.3 Å². The molecule has 0 bridgehead atoms. The third-order valence-corrected chi connectivity index (χ3v) is 2.19. The molecule has 56 valence electrons. The summed E-state index contributed by atoms with van der Waals surface area (Å²) in [5, 5.41) is 8.67. The summed E-state index contributed by atoms with van der Waals surface area (Å²) in [6, 6.07) is 0. The van der Waals surface area contributed by atoms with Gasteiger partial charge >= 0.3 is 5.97 Å². The summed E-state index contributed by atoms with van der Waals surface area (Å²) < 4.78 is 0. The Hall–Kier alpha value is -0.790. The van der Waals surface area contributed by atoms with Gasteiger partial charge in [-0.2, -0.15) is 0 Å². The summed E-state index contributed by atoms with van der Waals surface area (Å²) in [4.78, 5) is 10.5. The largest absolute Gasteiger partial charge is 0.481 e. The van der Waals surface area contributed by atoms with E-state index in [1.165, 1.54) is 0 Å². The molecule has 1 N–H and O–H groups in total. The summed E-state index contributed by atoms with van der Waals surface area (Å²) >= 11 is 0. The molecule has 2 unspecified atom stereocenters. The Morgan fingerprint density at radius 1 is 1.60 bits per heavy atom. The molecule has 1 fully saturated rings. The molecule has 0 aromatic heterocycles. The standard InChI is InChI=1S/C8H12O2/c1-2-6-4-3-5-7(6)8(9)10/h2,6-7H,1,3-5H2,(H,9,10). The maximum atomic E-state index is 10.5. The number of rotatable bonds is 2. The van der Waals surface area contributed by atoms with Crippen LogP contribution in [0.3, 0.4) is 0 Å². The fraction of sp³-hybridized carbons (Fsp3) is 0.625. The highest BCUT2D eigenvalue weighted by atomic mass is 16.4. The fourth-order valence-corrected chi connectivity index (χ4v) is 1.58. The monoisotopic (exact) mass is 140 g/mol. The molecule has 0 radical (unpaired) electrons. The smallest absolute Gasteiger partial charge is 0.307 e. The lowest BCUT2D eigenvalue weighted by molar-refractivity contribution is -0.142. The SMILES string of the molecule is C=CC1CCCC1C(=O)O. The van der Waals surface area contributed by atoms with Gasteiger partial charge in [0.1, 0.15) is 0 Å². The first-order chi connectivity index (χ1) is 4.75. The fourth-order valence-electron chi connectivity index (χ4n) is 1.58. The Balaban J connectivity index is 2.58. The third kappa shape index (κ3) is 1.20. The summed E-state index contributed by atoms with van der Waals surface area (Å²) in [6.07, 6.45) is 4.63. The van der Waals surface area contributed by atoms with Crippen LogP contribution in [-0.2, 0) is 4.79 Å². The van der Waals surface area contributed by atoms with Crippen molar-refractivity contribution in [2.24, 2.45) is 11.8 Å². The number of hydrogen-bond acceptors (Lipinski definition) is 1. The number of aliphatic carboxylic acids is 1. The van der Waals surface area contributed by atoms with Gasteiger partial charge in [-0.3, -0.25) is 4.79 Å². The van der Waals surface area contributed by atoms with Crippen molar-refractivity contribution in [3.63, 3.8) is 0 Å². The van der Waals surface area contributed by atoms with Gasteiger partial charge in [-0.05, 0) is 18.8 Å². The van der Waals surface area contributed by atoms with Gasteiger partial charge < -0.3 is 5.11 Å². The van der Waals surface area contributed by atoms with Crippen molar-refractivity contribution in [3.05, 3.63) is 12.7 Å². The van der Waals surface area contributed by atoms with Crippen molar-refractivity contribution >= 4 is 5.97 Å². The van der Waals surface area contributed by atoms with Crippen molar-refractivity contribution < 1.29 is 9.90 Å². The minimum Gasteiger partial charge on any atom is -0.481 e. The second kappa shape index (κ2) is 2.86. The van der Waals surface area contributed by atoms with Crippen LogP contribution in [0.2, 0.25) is 0 Å². The van der Waals surface area contributed by atoms with E-state index in [2.05, 4.69) is 6.58 Å². The maximum Gasteiger partial charge on any atom is 0.307 e. The van der Waals surface area contributed by atoms with Gasteiger partial charge in [0.2, 0.25) is 0 Å². The highest BCUT2D eigenvalue weighted by Gasteiger charge is 2.30. The number of carboxylic acid groups (broad SMARTS) is 1. The summed E-state index contributed by atoms with van der Waals surface area (Å²) in [6.45, 7) is 3.61. The Morgan fingerprint density at radius 3 is 2.70 bits per heavy atom. The second-order valence-electron chi connectivity index (χ2n) is 2.78. The van der Waals surface area contributed by atoms with Gasteiger partial charge in [0, 0.05) is 0 Å². The van der Waals surface area contributed by atoms with Gasteiger partial charge in [-0.25, -0.2) is 0 Å². The minimum absolute atomic E-state index is 0.155. The molecule has 1 saturated carbocycles. The van der Waals surface area contributed by atoms with Crippen molar-refractivity contribution in [2.75, 3.05) is 0 Å². The van der Waals surface area contributed by atoms with Gasteiger partial charge in [0.05, 0.1) is 5.92 Å². The maximum absolute atomic E-state index is 10.5. The molecule has 0 aromatic carbocycles. The average molecular weight is 140 g/mol. The average Bonchev–Trinajstić information content (AvgIpc) is 2.33. The molecule has 0 spiro atoms. The second-order valence-corrected chi connectivity index (χ2v) is 2.78. The molecule has 0 saturated heterocycles. The van der Waals surface area contributed by atoms with Crippen LogP contribution in [0.4, 0.5) is 0 Å². The van der Waals surface area contributed by atoms with Crippen molar-refractivity contribution in [3.8, 4) is 0 Å². The van der Waals surface area contributed by atoms with Gasteiger partial charge in [0.15, 0.2) is 0 Å². The van der Waals surface area contributed by atoms with Crippen LogP contribution in [0.5, 0.6) is 0 Å². The zero-order valence-corrected chi connectivity index (χ0v) is 5.92. The Bertz CT molecular complexity index is 151. The van der Waals surface area contributed by atoms with E-state index in [-0.39, 0.29) is 11.8 Å². The summed E-state index contributed by atoms with van der Waals surface area (Å²) in [7, 11) is 0. The molecule has 2 atom stereocenters. The van der Waals surface area contributed by atoms with Crippen LogP contribution in [0.15, 0.2) is 12.7 Å². The number of carboxylic acids is 1. The first-order valence-electron chi connectivity index (χ1n) is 3.61. The first kappa shape index (κ1) is 7.32. The number of carbonyl (C=O) groups is 1. The van der Waals surface area contributed by atoms with Crippen molar-refractivity contribution in [1.82, 2.24) is 0 Å². The Kier molecular flexibility index (Phi) is 2.10. The molecule has 2 nitrogen and oxygen atoms in total. The van der Waals surface area contributed by atoms with E-state index in [1.54, 1.807) is 6.08 Å². The van der Waals surface area contributed by atoms with E-state index in [9.17, 15) is 4.79 Å². The highest BCUT2D eigenvalue weighted by molar-refractivity contribution is 5.71.